The van der Waals surface area contributed by atoms with Crippen LogP contribution in [0.3, 0.4) is 0 Å². The number of nitrogens with two attached hydrogens (primary N) is 1. The minimum atomic E-state index is -0.291. The fourth-order valence-corrected chi connectivity index (χ4v) is 2.49. The first-order valence-electron chi connectivity index (χ1n) is 5.57. The monoisotopic (exact) mass is 199 g/mol. The molecule has 3 nitrogen and oxygen atoms in total. The van der Waals surface area contributed by atoms with Gasteiger partial charge >= 0.3 is 5.97 Å². The van der Waals surface area contributed by atoms with E-state index in [0.29, 0.717) is 18.9 Å². The lowest BCUT2D eigenvalue weighted by Gasteiger charge is -2.29. The fourth-order valence-electron chi connectivity index (χ4n) is 2.49. The average molecular weight is 199 g/mol. The van der Waals surface area contributed by atoms with Crippen molar-refractivity contribution < 1.29 is 9.53 Å². The first-order valence-corrected chi connectivity index (χ1v) is 5.57. The Kier molecular flexibility index (Phi) is 3.93. The summed E-state index contributed by atoms with van der Waals surface area (Å²) in [4.78, 5) is 11.4. The molecule has 1 rings (SSSR count). The van der Waals surface area contributed by atoms with Crippen molar-refractivity contribution in [2.75, 3.05) is 6.61 Å². The molecule has 0 bridgehead atoms. The molecule has 3 heteroatoms. The molecule has 0 radical (unpaired) electrons. The van der Waals surface area contributed by atoms with Crippen LogP contribution in [0.5, 0.6) is 0 Å². The second-order valence-electron chi connectivity index (χ2n) is 4.21. The molecule has 82 valence electrons. The molecular weight excluding hydrogens is 178 g/mol. The zero-order valence-electron chi connectivity index (χ0n) is 9.21. The van der Waals surface area contributed by atoms with Crippen molar-refractivity contribution in [1.82, 2.24) is 0 Å². The molecule has 0 aliphatic heterocycles. The van der Waals surface area contributed by atoms with Gasteiger partial charge < -0.3 is 10.5 Å². The summed E-state index contributed by atoms with van der Waals surface area (Å²) >= 11 is 0. The van der Waals surface area contributed by atoms with E-state index < -0.39 is 0 Å². The molecule has 1 saturated carbocycles. The van der Waals surface area contributed by atoms with E-state index in [2.05, 4.69) is 6.92 Å². The molecule has 0 saturated heterocycles. The van der Waals surface area contributed by atoms with E-state index in [-0.39, 0.29) is 11.5 Å². The van der Waals surface area contributed by atoms with Gasteiger partial charge in [0.15, 0.2) is 0 Å². The first-order chi connectivity index (χ1) is 6.62. The average Bonchev–Trinajstić information content (AvgIpc) is 2.46. The van der Waals surface area contributed by atoms with Gasteiger partial charge in [-0.15, -0.1) is 0 Å². The van der Waals surface area contributed by atoms with Crippen LogP contribution < -0.4 is 5.73 Å². The summed E-state index contributed by atoms with van der Waals surface area (Å²) in [6.45, 7) is 4.42. The van der Waals surface area contributed by atoms with Gasteiger partial charge in [-0.05, 0) is 25.7 Å². The number of hydrogen-bond acceptors (Lipinski definition) is 3. The predicted octanol–water partition coefficient (Wildman–Crippen LogP) is 1.85. The van der Waals surface area contributed by atoms with Gasteiger partial charge in [-0.1, -0.05) is 19.8 Å². The molecule has 0 heterocycles. The van der Waals surface area contributed by atoms with Crippen LogP contribution in [0.4, 0.5) is 0 Å². The second-order valence-corrected chi connectivity index (χ2v) is 4.21. The highest BCUT2D eigenvalue weighted by atomic mass is 16.5. The van der Waals surface area contributed by atoms with Crippen LogP contribution >= 0.6 is 0 Å². The summed E-state index contributed by atoms with van der Waals surface area (Å²) in [7, 11) is 0. The van der Waals surface area contributed by atoms with Crippen molar-refractivity contribution in [3.05, 3.63) is 0 Å². The Bertz CT molecular complexity index is 205. The number of carbonyl (C=O) groups excluding carboxylic acids is 1. The van der Waals surface area contributed by atoms with E-state index in [1.54, 1.807) is 0 Å². The lowest BCUT2D eigenvalue weighted by Crippen LogP contribution is -2.45. The van der Waals surface area contributed by atoms with Crippen molar-refractivity contribution in [1.29, 1.82) is 0 Å². The lowest BCUT2D eigenvalue weighted by molar-refractivity contribution is -0.144. The van der Waals surface area contributed by atoms with Crippen LogP contribution in [0.15, 0.2) is 0 Å². The Morgan fingerprint density at radius 3 is 2.86 bits per heavy atom. The maximum Gasteiger partial charge on any atom is 0.307 e. The summed E-state index contributed by atoms with van der Waals surface area (Å²) in [5.41, 5.74) is 5.95. The third-order valence-electron chi connectivity index (χ3n) is 3.28. The Balaban J connectivity index is 2.51. The van der Waals surface area contributed by atoms with Gasteiger partial charge in [-0.2, -0.15) is 0 Å². The van der Waals surface area contributed by atoms with Crippen LogP contribution in [-0.2, 0) is 9.53 Å². The number of rotatable bonds is 4. The van der Waals surface area contributed by atoms with E-state index in [4.69, 9.17) is 10.5 Å². The molecule has 0 aromatic carbocycles. The number of hydrogen-bond donors (Lipinski definition) is 1. The molecule has 0 aromatic rings. The highest BCUT2D eigenvalue weighted by molar-refractivity contribution is 5.71. The maximum atomic E-state index is 11.4. The molecule has 0 amide bonds. The van der Waals surface area contributed by atoms with Gasteiger partial charge in [0.1, 0.15) is 0 Å². The minimum absolute atomic E-state index is 0.143. The highest BCUT2D eigenvalue weighted by Gasteiger charge is 2.40. The van der Waals surface area contributed by atoms with Gasteiger partial charge in [0, 0.05) is 5.54 Å². The van der Waals surface area contributed by atoms with E-state index >= 15 is 0 Å². The molecule has 2 atom stereocenters. The van der Waals surface area contributed by atoms with Crippen molar-refractivity contribution in [3.8, 4) is 0 Å². The van der Waals surface area contributed by atoms with E-state index in [0.717, 1.165) is 25.7 Å². The summed E-state index contributed by atoms with van der Waals surface area (Å²) in [6.07, 6.45) is 4.72. The zero-order chi connectivity index (χ0) is 10.6. The van der Waals surface area contributed by atoms with Crippen LogP contribution in [-0.4, -0.2) is 18.1 Å². The molecular formula is C11H21NO2. The molecule has 0 aromatic heterocycles. The van der Waals surface area contributed by atoms with Gasteiger partial charge in [0.05, 0.1) is 13.0 Å². The minimum Gasteiger partial charge on any atom is -0.466 e. The molecule has 2 unspecified atom stereocenters. The van der Waals surface area contributed by atoms with Crippen LogP contribution in [0, 0.1) is 5.92 Å². The van der Waals surface area contributed by atoms with Crippen molar-refractivity contribution in [3.63, 3.8) is 0 Å². The Morgan fingerprint density at radius 1 is 1.57 bits per heavy atom. The van der Waals surface area contributed by atoms with Gasteiger partial charge in [0.2, 0.25) is 0 Å². The number of carbonyl (C=O) groups is 1. The Morgan fingerprint density at radius 2 is 2.29 bits per heavy atom. The van der Waals surface area contributed by atoms with Crippen LogP contribution in [0.1, 0.15) is 46.0 Å². The molecule has 1 aliphatic rings. The predicted molar refractivity (Wildman–Crippen MR) is 55.8 cm³/mol. The van der Waals surface area contributed by atoms with Crippen molar-refractivity contribution in [2.45, 2.75) is 51.5 Å². The smallest absolute Gasteiger partial charge is 0.307 e. The fraction of sp³-hybridized carbons (Fsp3) is 0.909. The molecule has 0 spiro atoms. The Hall–Kier alpha value is -0.570. The third kappa shape index (κ3) is 2.47. The normalized spacial score (nSPS) is 31.8. The highest BCUT2D eigenvalue weighted by Crippen LogP contribution is 2.38. The standard InChI is InChI=1S/C11H21NO2/c1-3-9-6-5-7-11(9,12)8-10(13)14-4-2/h9H,3-8,12H2,1-2H3. The quantitative estimate of drug-likeness (QED) is 0.703. The summed E-state index contributed by atoms with van der Waals surface area (Å²) < 4.78 is 4.94. The number of esters is 1. The Labute approximate surface area is 86.0 Å². The summed E-state index contributed by atoms with van der Waals surface area (Å²) in [5, 5.41) is 0. The molecule has 1 aliphatic carbocycles. The molecule has 1 fully saturated rings. The van der Waals surface area contributed by atoms with Gasteiger partial charge in [-0.3, -0.25) is 4.79 Å². The summed E-state index contributed by atoms with van der Waals surface area (Å²) in [6, 6.07) is 0. The molecule has 2 N–H and O–H groups in total. The maximum absolute atomic E-state index is 11.4. The van der Waals surface area contributed by atoms with Gasteiger partial charge in [-0.25, -0.2) is 0 Å². The first kappa shape index (κ1) is 11.5. The zero-order valence-corrected chi connectivity index (χ0v) is 9.21. The third-order valence-corrected chi connectivity index (χ3v) is 3.28. The van der Waals surface area contributed by atoms with Crippen LogP contribution in [0.2, 0.25) is 0 Å². The van der Waals surface area contributed by atoms with Crippen molar-refractivity contribution in [2.24, 2.45) is 11.7 Å². The lowest BCUT2D eigenvalue weighted by atomic mass is 9.83. The number of ether oxygens (including phenoxy) is 1. The van der Waals surface area contributed by atoms with Crippen LogP contribution in [0.25, 0.3) is 0 Å². The largest absolute Gasteiger partial charge is 0.466 e. The van der Waals surface area contributed by atoms with E-state index in [9.17, 15) is 4.79 Å². The summed E-state index contributed by atoms with van der Waals surface area (Å²) in [5.74, 6) is 0.349. The van der Waals surface area contributed by atoms with E-state index in [1.165, 1.54) is 0 Å². The van der Waals surface area contributed by atoms with Gasteiger partial charge in [0.25, 0.3) is 0 Å². The van der Waals surface area contributed by atoms with Crippen molar-refractivity contribution >= 4 is 5.97 Å². The topological polar surface area (TPSA) is 52.3 Å². The SMILES string of the molecule is CCOC(=O)CC1(N)CCCC1CC. The second kappa shape index (κ2) is 4.78. The van der Waals surface area contributed by atoms with E-state index in [1.807, 2.05) is 6.92 Å². The molecule has 14 heavy (non-hydrogen) atoms.